The largest absolute Gasteiger partial charge is 0.497 e. The molecule has 1 saturated carbocycles. The second-order valence-electron chi connectivity index (χ2n) is 6.36. The van der Waals surface area contributed by atoms with Crippen LogP contribution in [-0.2, 0) is 0 Å². The first-order valence-corrected chi connectivity index (χ1v) is 8.14. The van der Waals surface area contributed by atoms with Crippen LogP contribution in [0.3, 0.4) is 0 Å². The topological polar surface area (TPSA) is 62.1 Å². The van der Waals surface area contributed by atoms with Gasteiger partial charge in [-0.3, -0.25) is 4.79 Å². The lowest BCUT2D eigenvalue weighted by Crippen LogP contribution is -2.51. The molecule has 1 aliphatic heterocycles. The van der Waals surface area contributed by atoms with Gasteiger partial charge in [-0.1, -0.05) is 12.8 Å². The fourth-order valence-electron chi connectivity index (χ4n) is 3.52. The van der Waals surface area contributed by atoms with E-state index in [1.165, 1.54) is 31.4 Å². The van der Waals surface area contributed by atoms with Gasteiger partial charge in [-0.05, 0) is 43.5 Å². The van der Waals surface area contributed by atoms with E-state index in [0.29, 0.717) is 30.0 Å². The molecular weight excluding hydrogens is 337 g/mol. The number of carbonyl (C=O) groups is 1. The standard InChI is InChI=1S/C17H19F3N2O3/c1-25-12-8-6-11(7-9-12)15(23)22-16(24)10-4-2-3-5-13(16)14(21-22)17(18,19)20/h6-9,13,24H,2-5,10H2,1H3/t13-,16+/m1/s1. The zero-order chi connectivity index (χ0) is 18.2. The first kappa shape index (κ1) is 17.7. The lowest BCUT2D eigenvalue weighted by molar-refractivity contribution is -0.108. The molecule has 1 heterocycles. The Bertz CT molecular complexity index is 687. The predicted octanol–water partition coefficient (Wildman–Crippen LogP) is 3.34. The number of fused-ring (bicyclic) bond motifs is 1. The highest BCUT2D eigenvalue weighted by Crippen LogP contribution is 2.45. The molecule has 0 unspecified atom stereocenters. The van der Waals surface area contributed by atoms with Gasteiger partial charge in [-0.25, -0.2) is 0 Å². The Kier molecular flexibility index (Phi) is 4.49. The molecule has 5 nitrogen and oxygen atoms in total. The van der Waals surface area contributed by atoms with E-state index in [4.69, 9.17) is 4.74 Å². The van der Waals surface area contributed by atoms with E-state index in [2.05, 4.69) is 5.10 Å². The van der Waals surface area contributed by atoms with Gasteiger partial charge in [-0.2, -0.15) is 23.3 Å². The lowest BCUT2D eigenvalue weighted by Gasteiger charge is -2.35. The van der Waals surface area contributed by atoms with E-state index in [1.54, 1.807) is 0 Å². The van der Waals surface area contributed by atoms with Gasteiger partial charge in [0.15, 0.2) is 5.72 Å². The van der Waals surface area contributed by atoms with Crippen molar-refractivity contribution in [1.29, 1.82) is 0 Å². The van der Waals surface area contributed by atoms with Crippen LogP contribution < -0.4 is 4.74 Å². The second-order valence-corrected chi connectivity index (χ2v) is 6.36. The van der Waals surface area contributed by atoms with E-state index < -0.39 is 29.4 Å². The SMILES string of the molecule is COc1ccc(C(=O)N2N=C(C(F)(F)F)[C@H]3CCCCC[C@]32O)cc1. The Hall–Kier alpha value is -2.09. The summed E-state index contributed by atoms with van der Waals surface area (Å²) in [5, 5.41) is 15.1. The third kappa shape index (κ3) is 3.10. The first-order chi connectivity index (χ1) is 11.8. The molecule has 136 valence electrons. The number of rotatable bonds is 2. The van der Waals surface area contributed by atoms with Gasteiger partial charge >= 0.3 is 6.18 Å². The molecule has 1 aromatic rings. The van der Waals surface area contributed by atoms with Crippen molar-refractivity contribution in [2.24, 2.45) is 11.0 Å². The molecule has 2 aliphatic rings. The fourth-order valence-corrected chi connectivity index (χ4v) is 3.52. The van der Waals surface area contributed by atoms with Crippen LogP contribution in [0.5, 0.6) is 5.75 Å². The van der Waals surface area contributed by atoms with E-state index in [1.807, 2.05) is 0 Å². The minimum Gasteiger partial charge on any atom is -0.497 e. The van der Waals surface area contributed by atoms with Crippen LogP contribution in [0.1, 0.15) is 42.5 Å². The van der Waals surface area contributed by atoms with Gasteiger partial charge < -0.3 is 9.84 Å². The summed E-state index contributed by atoms with van der Waals surface area (Å²) in [7, 11) is 1.47. The van der Waals surface area contributed by atoms with Gasteiger partial charge in [0.1, 0.15) is 11.5 Å². The predicted molar refractivity (Wildman–Crippen MR) is 84.2 cm³/mol. The molecule has 3 rings (SSSR count). The van der Waals surface area contributed by atoms with E-state index in [-0.39, 0.29) is 18.4 Å². The summed E-state index contributed by atoms with van der Waals surface area (Å²) in [5.74, 6) is -1.45. The highest BCUT2D eigenvalue weighted by atomic mass is 19.4. The number of hydrazone groups is 1. The molecule has 1 amide bonds. The van der Waals surface area contributed by atoms with Crippen molar-refractivity contribution in [1.82, 2.24) is 5.01 Å². The zero-order valence-electron chi connectivity index (χ0n) is 13.7. The Morgan fingerprint density at radius 1 is 1.28 bits per heavy atom. The molecule has 0 aromatic heterocycles. The summed E-state index contributed by atoms with van der Waals surface area (Å²) < 4.78 is 45.1. The van der Waals surface area contributed by atoms with E-state index in [0.717, 1.165) is 0 Å². The number of hydrogen-bond acceptors (Lipinski definition) is 4. The molecule has 1 aromatic carbocycles. The summed E-state index contributed by atoms with van der Waals surface area (Å²) in [6.07, 6.45) is -2.64. The highest BCUT2D eigenvalue weighted by Gasteiger charge is 2.59. The number of alkyl halides is 3. The Balaban J connectivity index is 1.99. The molecule has 0 bridgehead atoms. The van der Waals surface area contributed by atoms with Gasteiger partial charge in [-0.15, -0.1) is 0 Å². The molecule has 1 N–H and O–H groups in total. The number of ether oxygens (including phenoxy) is 1. The summed E-state index contributed by atoms with van der Waals surface area (Å²) in [5.41, 5.74) is -2.86. The van der Waals surface area contributed by atoms with Crippen LogP contribution in [-0.4, -0.2) is 40.7 Å². The van der Waals surface area contributed by atoms with Crippen molar-refractivity contribution in [2.45, 2.75) is 44.0 Å². The number of amides is 1. The number of methoxy groups -OCH3 is 1. The smallest absolute Gasteiger partial charge is 0.431 e. The maximum atomic E-state index is 13.4. The van der Waals surface area contributed by atoms with Gasteiger partial charge in [0, 0.05) is 5.56 Å². The maximum absolute atomic E-state index is 13.4. The quantitative estimate of drug-likeness (QED) is 0.884. The van der Waals surface area contributed by atoms with Crippen LogP contribution in [0.4, 0.5) is 13.2 Å². The van der Waals surface area contributed by atoms with Gasteiger partial charge in [0.2, 0.25) is 0 Å². The minimum atomic E-state index is -4.68. The second kappa shape index (κ2) is 6.33. The number of benzene rings is 1. The average molecular weight is 356 g/mol. The average Bonchev–Trinajstić information content (AvgIpc) is 2.73. The van der Waals surface area contributed by atoms with Crippen molar-refractivity contribution in [2.75, 3.05) is 7.11 Å². The molecule has 1 fully saturated rings. The fraction of sp³-hybridized carbons (Fsp3) is 0.529. The molecule has 1 aliphatic carbocycles. The third-order valence-corrected chi connectivity index (χ3v) is 4.82. The Morgan fingerprint density at radius 3 is 2.56 bits per heavy atom. The molecule has 25 heavy (non-hydrogen) atoms. The van der Waals surface area contributed by atoms with Crippen molar-refractivity contribution < 1.29 is 27.8 Å². The first-order valence-electron chi connectivity index (χ1n) is 8.14. The molecule has 2 atom stereocenters. The lowest BCUT2D eigenvalue weighted by atomic mass is 9.87. The number of hydrogen-bond donors (Lipinski definition) is 1. The van der Waals surface area contributed by atoms with E-state index in [9.17, 15) is 23.1 Å². The number of carbonyl (C=O) groups excluding carboxylic acids is 1. The molecule has 0 saturated heterocycles. The number of aliphatic hydroxyl groups is 1. The van der Waals surface area contributed by atoms with Crippen LogP contribution in [0.2, 0.25) is 0 Å². The normalized spacial score (nSPS) is 26.7. The maximum Gasteiger partial charge on any atom is 0.431 e. The summed E-state index contributed by atoms with van der Waals surface area (Å²) in [4.78, 5) is 12.7. The summed E-state index contributed by atoms with van der Waals surface area (Å²) >= 11 is 0. The highest BCUT2D eigenvalue weighted by molar-refractivity contribution is 6.00. The number of nitrogens with zero attached hydrogens (tertiary/aromatic N) is 2. The molecule has 0 radical (unpaired) electrons. The van der Waals surface area contributed by atoms with Gasteiger partial charge in [0.05, 0.1) is 13.0 Å². The van der Waals surface area contributed by atoms with Gasteiger partial charge in [0.25, 0.3) is 5.91 Å². The third-order valence-electron chi connectivity index (χ3n) is 4.82. The van der Waals surface area contributed by atoms with Crippen LogP contribution in [0, 0.1) is 5.92 Å². The van der Waals surface area contributed by atoms with Crippen molar-refractivity contribution in [3.8, 4) is 5.75 Å². The Morgan fingerprint density at radius 2 is 1.96 bits per heavy atom. The monoisotopic (exact) mass is 356 g/mol. The van der Waals surface area contributed by atoms with Crippen LogP contribution >= 0.6 is 0 Å². The van der Waals surface area contributed by atoms with Crippen LogP contribution in [0.25, 0.3) is 0 Å². The molecule has 0 spiro atoms. The number of halogens is 3. The van der Waals surface area contributed by atoms with Crippen LogP contribution in [0.15, 0.2) is 29.4 Å². The molecule has 8 heteroatoms. The van der Waals surface area contributed by atoms with Crippen molar-refractivity contribution in [3.05, 3.63) is 29.8 Å². The van der Waals surface area contributed by atoms with Crippen molar-refractivity contribution >= 4 is 11.6 Å². The zero-order valence-corrected chi connectivity index (χ0v) is 13.7. The van der Waals surface area contributed by atoms with E-state index >= 15 is 0 Å². The minimum absolute atomic E-state index is 0.0721. The van der Waals surface area contributed by atoms with Crippen molar-refractivity contribution in [3.63, 3.8) is 0 Å². The Labute approximate surface area is 143 Å². The summed E-state index contributed by atoms with van der Waals surface area (Å²) in [6, 6.07) is 5.95. The summed E-state index contributed by atoms with van der Waals surface area (Å²) in [6.45, 7) is 0. The molecular formula is C17H19F3N2O3.